The number of nitrogens with zero attached hydrogens (tertiary/aromatic N) is 1. The molecule has 1 atom stereocenters. The van der Waals surface area contributed by atoms with Crippen molar-refractivity contribution in [2.75, 3.05) is 33.4 Å². The monoisotopic (exact) mass is 268 g/mol. The SMILES string of the molecule is COCC1CCN(C(=O)CC2CCC(CN)CC2)C1. The van der Waals surface area contributed by atoms with Crippen molar-refractivity contribution in [3.63, 3.8) is 0 Å². The van der Waals surface area contributed by atoms with Crippen LogP contribution in [0, 0.1) is 17.8 Å². The van der Waals surface area contributed by atoms with Crippen molar-refractivity contribution >= 4 is 5.91 Å². The van der Waals surface area contributed by atoms with Crippen LogP contribution < -0.4 is 5.73 Å². The number of hydrogen-bond donors (Lipinski definition) is 1. The lowest BCUT2D eigenvalue weighted by atomic mass is 9.80. The highest BCUT2D eigenvalue weighted by Gasteiger charge is 2.29. The van der Waals surface area contributed by atoms with Gasteiger partial charge in [0.15, 0.2) is 0 Å². The fourth-order valence-corrected chi connectivity index (χ4v) is 3.48. The maximum atomic E-state index is 12.3. The summed E-state index contributed by atoms with van der Waals surface area (Å²) in [5.41, 5.74) is 5.71. The average molecular weight is 268 g/mol. The van der Waals surface area contributed by atoms with Gasteiger partial charge in [-0.2, -0.15) is 0 Å². The molecule has 1 aliphatic carbocycles. The Morgan fingerprint density at radius 2 is 1.84 bits per heavy atom. The van der Waals surface area contributed by atoms with Crippen LogP contribution in [0.5, 0.6) is 0 Å². The van der Waals surface area contributed by atoms with Crippen molar-refractivity contribution in [3.05, 3.63) is 0 Å². The molecular weight excluding hydrogens is 240 g/mol. The van der Waals surface area contributed by atoms with E-state index in [-0.39, 0.29) is 0 Å². The predicted molar refractivity (Wildman–Crippen MR) is 75.7 cm³/mol. The first-order valence-electron chi connectivity index (χ1n) is 7.69. The van der Waals surface area contributed by atoms with Gasteiger partial charge in [0.1, 0.15) is 0 Å². The van der Waals surface area contributed by atoms with Gasteiger partial charge in [0.2, 0.25) is 5.91 Å². The van der Waals surface area contributed by atoms with E-state index in [0.717, 1.165) is 39.1 Å². The first-order valence-corrected chi connectivity index (χ1v) is 7.69. The fraction of sp³-hybridized carbons (Fsp3) is 0.933. The van der Waals surface area contributed by atoms with E-state index in [9.17, 15) is 4.79 Å². The first kappa shape index (κ1) is 14.8. The summed E-state index contributed by atoms with van der Waals surface area (Å²) in [7, 11) is 1.74. The number of nitrogens with two attached hydrogens (primary N) is 1. The molecule has 2 rings (SSSR count). The molecule has 2 fully saturated rings. The Kier molecular flexibility index (Phi) is 5.64. The summed E-state index contributed by atoms with van der Waals surface area (Å²) in [5.74, 6) is 2.19. The molecule has 0 aromatic rings. The normalized spacial score (nSPS) is 31.7. The van der Waals surface area contributed by atoms with E-state index < -0.39 is 0 Å². The van der Waals surface area contributed by atoms with Gasteiger partial charge in [0, 0.05) is 32.5 Å². The number of carbonyl (C=O) groups is 1. The second-order valence-electron chi connectivity index (χ2n) is 6.28. The molecule has 2 N–H and O–H groups in total. The minimum atomic E-state index is 0.356. The standard InChI is InChI=1S/C15H28N2O2/c1-19-11-14-6-7-17(10-14)15(18)8-12-2-4-13(9-16)5-3-12/h12-14H,2-11,16H2,1H3. The Morgan fingerprint density at radius 3 is 2.47 bits per heavy atom. The molecule has 1 heterocycles. The molecule has 1 unspecified atom stereocenters. The Morgan fingerprint density at radius 1 is 1.16 bits per heavy atom. The van der Waals surface area contributed by atoms with E-state index in [0.29, 0.717) is 23.7 Å². The van der Waals surface area contributed by atoms with Crippen molar-refractivity contribution < 1.29 is 9.53 Å². The third-order valence-electron chi connectivity index (χ3n) is 4.80. The van der Waals surface area contributed by atoms with Gasteiger partial charge in [-0.3, -0.25) is 4.79 Å². The molecule has 0 radical (unpaired) electrons. The quantitative estimate of drug-likeness (QED) is 0.824. The van der Waals surface area contributed by atoms with Gasteiger partial charge in [0.05, 0.1) is 6.61 Å². The Labute approximate surface area is 116 Å². The molecule has 0 bridgehead atoms. The van der Waals surface area contributed by atoms with Gasteiger partial charge in [-0.1, -0.05) is 0 Å². The van der Waals surface area contributed by atoms with E-state index >= 15 is 0 Å². The summed E-state index contributed by atoms with van der Waals surface area (Å²) >= 11 is 0. The summed E-state index contributed by atoms with van der Waals surface area (Å²) in [6, 6.07) is 0. The van der Waals surface area contributed by atoms with Crippen LogP contribution in [0.15, 0.2) is 0 Å². The van der Waals surface area contributed by atoms with Crippen LogP contribution in [0.25, 0.3) is 0 Å². The fourth-order valence-electron chi connectivity index (χ4n) is 3.48. The third kappa shape index (κ3) is 4.18. The van der Waals surface area contributed by atoms with Crippen LogP contribution in [0.3, 0.4) is 0 Å². The maximum Gasteiger partial charge on any atom is 0.222 e. The van der Waals surface area contributed by atoms with Crippen LogP contribution in [0.2, 0.25) is 0 Å². The van der Waals surface area contributed by atoms with Crippen molar-refractivity contribution in [3.8, 4) is 0 Å². The average Bonchev–Trinajstić information content (AvgIpc) is 2.89. The van der Waals surface area contributed by atoms with E-state index in [2.05, 4.69) is 0 Å². The number of amides is 1. The van der Waals surface area contributed by atoms with Crippen molar-refractivity contribution in [2.45, 2.75) is 38.5 Å². The summed E-state index contributed by atoms with van der Waals surface area (Å²) in [5, 5.41) is 0. The molecule has 1 saturated heterocycles. The lowest BCUT2D eigenvalue weighted by Gasteiger charge is -2.28. The topological polar surface area (TPSA) is 55.6 Å². The van der Waals surface area contributed by atoms with Crippen LogP contribution in [0.4, 0.5) is 0 Å². The van der Waals surface area contributed by atoms with Crippen LogP contribution >= 0.6 is 0 Å². The zero-order valence-corrected chi connectivity index (χ0v) is 12.1. The zero-order chi connectivity index (χ0) is 13.7. The van der Waals surface area contributed by atoms with Crippen molar-refractivity contribution in [1.82, 2.24) is 4.90 Å². The largest absolute Gasteiger partial charge is 0.384 e. The second kappa shape index (κ2) is 7.25. The second-order valence-corrected chi connectivity index (χ2v) is 6.28. The van der Waals surface area contributed by atoms with Crippen LogP contribution in [-0.4, -0.2) is 44.2 Å². The number of carbonyl (C=O) groups excluding carboxylic acids is 1. The van der Waals surface area contributed by atoms with E-state index in [1.54, 1.807) is 7.11 Å². The number of hydrogen-bond acceptors (Lipinski definition) is 3. The molecule has 19 heavy (non-hydrogen) atoms. The molecule has 1 amide bonds. The lowest BCUT2D eigenvalue weighted by molar-refractivity contribution is -0.131. The minimum absolute atomic E-state index is 0.356. The number of rotatable bonds is 5. The number of ether oxygens (including phenoxy) is 1. The molecule has 0 spiro atoms. The first-order chi connectivity index (χ1) is 9.22. The molecular formula is C15H28N2O2. The van der Waals surface area contributed by atoms with Gasteiger partial charge in [-0.05, 0) is 50.5 Å². The van der Waals surface area contributed by atoms with Crippen molar-refractivity contribution in [1.29, 1.82) is 0 Å². The highest BCUT2D eigenvalue weighted by Crippen LogP contribution is 2.31. The summed E-state index contributed by atoms with van der Waals surface area (Å²) in [6.45, 7) is 3.41. The van der Waals surface area contributed by atoms with Crippen LogP contribution in [0.1, 0.15) is 38.5 Å². The molecule has 4 nitrogen and oxygen atoms in total. The van der Waals surface area contributed by atoms with Gasteiger partial charge < -0.3 is 15.4 Å². The lowest BCUT2D eigenvalue weighted by Crippen LogP contribution is -2.32. The molecule has 110 valence electrons. The number of likely N-dealkylation sites (tertiary alicyclic amines) is 1. The highest BCUT2D eigenvalue weighted by molar-refractivity contribution is 5.76. The summed E-state index contributed by atoms with van der Waals surface area (Å²) in [6.07, 6.45) is 6.63. The van der Waals surface area contributed by atoms with Gasteiger partial charge in [-0.25, -0.2) is 0 Å². The Hall–Kier alpha value is -0.610. The zero-order valence-electron chi connectivity index (χ0n) is 12.1. The molecule has 4 heteroatoms. The van der Waals surface area contributed by atoms with Gasteiger partial charge >= 0.3 is 0 Å². The summed E-state index contributed by atoms with van der Waals surface area (Å²) in [4.78, 5) is 14.3. The Bertz CT molecular complexity index is 288. The minimum Gasteiger partial charge on any atom is -0.384 e. The smallest absolute Gasteiger partial charge is 0.222 e. The third-order valence-corrected chi connectivity index (χ3v) is 4.80. The Balaban J connectivity index is 1.70. The maximum absolute atomic E-state index is 12.3. The highest BCUT2D eigenvalue weighted by atomic mass is 16.5. The molecule has 0 aromatic carbocycles. The van der Waals surface area contributed by atoms with Gasteiger partial charge in [0.25, 0.3) is 0 Å². The van der Waals surface area contributed by atoms with E-state index in [1.807, 2.05) is 4.90 Å². The molecule has 1 saturated carbocycles. The number of methoxy groups -OCH3 is 1. The van der Waals surface area contributed by atoms with Crippen LogP contribution in [-0.2, 0) is 9.53 Å². The molecule has 2 aliphatic rings. The summed E-state index contributed by atoms with van der Waals surface area (Å²) < 4.78 is 5.18. The van der Waals surface area contributed by atoms with E-state index in [4.69, 9.17) is 10.5 Å². The van der Waals surface area contributed by atoms with Crippen molar-refractivity contribution in [2.24, 2.45) is 23.5 Å². The predicted octanol–water partition coefficient (Wildman–Crippen LogP) is 1.64. The molecule has 0 aromatic heterocycles. The van der Waals surface area contributed by atoms with Gasteiger partial charge in [-0.15, -0.1) is 0 Å². The molecule has 1 aliphatic heterocycles. The van der Waals surface area contributed by atoms with E-state index in [1.165, 1.54) is 25.7 Å².